The molecule has 0 bridgehead atoms. The van der Waals surface area contributed by atoms with Gasteiger partial charge in [-0.2, -0.15) is 19.2 Å². The fourth-order valence-corrected chi connectivity index (χ4v) is 2.32. The molecule has 0 aromatic heterocycles. The first-order chi connectivity index (χ1) is 11.9. The van der Waals surface area contributed by atoms with E-state index < -0.39 is 0 Å². The summed E-state index contributed by atoms with van der Waals surface area (Å²) >= 11 is 2.09. The second-order valence-electron chi connectivity index (χ2n) is 4.56. The highest BCUT2D eigenvalue weighted by Crippen LogP contribution is 2.20. The number of hydrogen-bond donors (Lipinski definition) is 0. The molecule has 0 atom stereocenters. The lowest BCUT2D eigenvalue weighted by atomic mass is 10.0. The summed E-state index contributed by atoms with van der Waals surface area (Å²) in [6.45, 7) is 4.19. The van der Waals surface area contributed by atoms with Gasteiger partial charge in [-0.1, -0.05) is 50.6 Å². The second kappa shape index (κ2) is 19.1. The number of rotatable bonds is 2. The van der Waals surface area contributed by atoms with Gasteiger partial charge < -0.3 is 0 Å². The predicted molar refractivity (Wildman–Crippen MR) is 104 cm³/mol. The number of carbonyl (C=O) groups excluding carboxylic acids is 6. The van der Waals surface area contributed by atoms with Gasteiger partial charge in [0.25, 0.3) is 0 Å². The van der Waals surface area contributed by atoms with Gasteiger partial charge in [0.1, 0.15) is 0 Å². The van der Waals surface area contributed by atoms with Crippen molar-refractivity contribution in [1.82, 2.24) is 0 Å². The highest BCUT2D eigenvalue weighted by atomic mass is 127. The molecule has 142 valence electrons. The first-order valence-corrected chi connectivity index (χ1v) is 8.45. The SMILES string of the molecule is C.CCC1=CCC(=O)C(I)=C1.CCC1=CCC(=O)C=C1.O=C=O.O=C=O. The predicted octanol–water partition coefficient (Wildman–Crippen LogP) is 3.94. The molecule has 0 amide bonds. The fourth-order valence-electron chi connectivity index (χ4n) is 1.70. The summed E-state index contributed by atoms with van der Waals surface area (Å²) in [5.41, 5.74) is 2.55. The lowest BCUT2D eigenvalue weighted by Crippen LogP contribution is -2.00. The third-order valence-corrected chi connectivity index (χ3v) is 3.91. The Morgan fingerprint density at radius 2 is 1.35 bits per heavy atom. The third kappa shape index (κ3) is 15.3. The second-order valence-corrected chi connectivity index (χ2v) is 5.72. The summed E-state index contributed by atoms with van der Waals surface area (Å²) in [4.78, 5) is 54.0. The van der Waals surface area contributed by atoms with Crippen molar-refractivity contribution in [3.8, 4) is 0 Å². The molecule has 26 heavy (non-hydrogen) atoms. The average Bonchev–Trinajstić information content (AvgIpc) is 2.60. The molecule has 7 heteroatoms. The molecule has 6 nitrogen and oxygen atoms in total. The Labute approximate surface area is 167 Å². The minimum absolute atomic E-state index is 0. The van der Waals surface area contributed by atoms with E-state index in [0.29, 0.717) is 12.8 Å². The van der Waals surface area contributed by atoms with Crippen LogP contribution in [-0.4, -0.2) is 23.9 Å². The van der Waals surface area contributed by atoms with E-state index >= 15 is 0 Å². The van der Waals surface area contributed by atoms with Crippen LogP contribution in [0.1, 0.15) is 47.0 Å². The van der Waals surface area contributed by atoms with Crippen LogP contribution in [0.2, 0.25) is 0 Å². The number of carbonyl (C=O) groups is 2. The molecular weight excluding hydrogens is 451 g/mol. The lowest BCUT2D eigenvalue weighted by molar-refractivity contribution is -0.193. The van der Waals surface area contributed by atoms with Crippen molar-refractivity contribution in [2.45, 2.75) is 47.0 Å². The van der Waals surface area contributed by atoms with Crippen LogP contribution in [0.5, 0.6) is 0 Å². The van der Waals surface area contributed by atoms with E-state index in [1.54, 1.807) is 6.08 Å². The van der Waals surface area contributed by atoms with Crippen molar-refractivity contribution in [3.05, 3.63) is 45.1 Å². The standard InChI is InChI=1S/C8H9IO.C8H10O.2CO2.CH4/c1-2-6-3-4-8(10)7(9)5-6;1-2-7-3-5-8(9)6-4-7;2*2-1-3;/h3,5H,2,4H2,1H3;3-5H,2,6H2,1H3;;;1H4. The minimum atomic E-state index is 0. The molecule has 0 aromatic carbocycles. The van der Waals surface area contributed by atoms with Gasteiger partial charge in [-0.3, -0.25) is 9.59 Å². The number of Topliss-reactive ketones (excluding diaryl/α,β-unsaturated/α-hetero) is 1. The Kier molecular flexibility index (Phi) is 21.0. The summed E-state index contributed by atoms with van der Waals surface area (Å²) in [5.74, 6) is 0.463. The van der Waals surface area contributed by atoms with Crippen LogP contribution in [0.4, 0.5) is 0 Å². The Bertz CT molecular complexity index is 629. The van der Waals surface area contributed by atoms with E-state index in [1.165, 1.54) is 11.1 Å². The van der Waals surface area contributed by atoms with E-state index in [1.807, 2.05) is 24.3 Å². The van der Waals surface area contributed by atoms with Crippen molar-refractivity contribution in [1.29, 1.82) is 0 Å². The molecule has 0 aromatic rings. The van der Waals surface area contributed by atoms with E-state index in [9.17, 15) is 9.59 Å². The van der Waals surface area contributed by atoms with E-state index in [2.05, 4.69) is 36.4 Å². The highest BCUT2D eigenvalue weighted by molar-refractivity contribution is 14.1. The zero-order valence-electron chi connectivity index (χ0n) is 14.0. The maximum absolute atomic E-state index is 10.9. The molecule has 0 aliphatic heterocycles. The van der Waals surface area contributed by atoms with E-state index in [4.69, 9.17) is 19.2 Å². The van der Waals surface area contributed by atoms with Crippen LogP contribution in [0.15, 0.2) is 45.1 Å². The summed E-state index contributed by atoms with van der Waals surface area (Å²) in [5, 5.41) is 0. The zero-order chi connectivity index (χ0) is 19.7. The molecule has 0 heterocycles. The van der Waals surface area contributed by atoms with Crippen LogP contribution in [0.25, 0.3) is 0 Å². The molecule has 2 aliphatic rings. The highest BCUT2D eigenvalue weighted by Gasteiger charge is 2.09. The fraction of sp³-hybridized carbons (Fsp3) is 0.368. The van der Waals surface area contributed by atoms with Gasteiger partial charge in [0.05, 0.1) is 3.58 Å². The molecule has 0 saturated carbocycles. The van der Waals surface area contributed by atoms with Gasteiger partial charge in [-0.15, -0.1) is 0 Å². The Balaban J connectivity index is -0.000000306. The molecule has 2 aliphatic carbocycles. The summed E-state index contributed by atoms with van der Waals surface area (Å²) in [6.07, 6.45) is 13.3. The first-order valence-electron chi connectivity index (χ1n) is 7.37. The van der Waals surface area contributed by atoms with Crippen LogP contribution in [0.3, 0.4) is 0 Å². The maximum atomic E-state index is 10.9. The van der Waals surface area contributed by atoms with Crippen molar-refractivity contribution < 1.29 is 28.8 Å². The molecular formula is C19H23IO6. The monoisotopic (exact) mass is 474 g/mol. The molecule has 0 fully saturated rings. The van der Waals surface area contributed by atoms with Crippen molar-refractivity contribution >= 4 is 46.5 Å². The Morgan fingerprint density at radius 1 is 0.885 bits per heavy atom. The van der Waals surface area contributed by atoms with Crippen molar-refractivity contribution in [2.24, 2.45) is 0 Å². The summed E-state index contributed by atoms with van der Waals surface area (Å²) in [7, 11) is 0. The molecule has 0 radical (unpaired) electrons. The average molecular weight is 474 g/mol. The van der Waals surface area contributed by atoms with E-state index in [0.717, 1.165) is 16.4 Å². The molecule has 0 unspecified atom stereocenters. The smallest absolute Gasteiger partial charge is 0.295 e. The number of hydrogen-bond acceptors (Lipinski definition) is 6. The number of halogens is 1. The molecule has 2 rings (SSSR count). The minimum Gasteiger partial charge on any atom is -0.295 e. The topological polar surface area (TPSA) is 102 Å². The van der Waals surface area contributed by atoms with Crippen LogP contribution < -0.4 is 0 Å². The van der Waals surface area contributed by atoms with Crippen molar-refractivity contribution in [3.63, 3.8) is 0 Å². The quantitative estimate of drug-likeness (QED) is 0.562. The first kappa shape index (κ1) is 28.6. The van der Waals surface area contributed by atoms with Gasteiger partial charge >= 0.3 is 12.3 Å². The number of ketones is 2. The number of allylic oxidation sites excluding steroid dienone is 8. The molecule has 0 N–H and O–H groups in total. The van der Waals surface area contributed by atoms with E-state index in [-0.39, 0.29) is 31.3 Å². The lowest BCUT2D eigenvalue weighted by Gasteiger charge is -2.05. The Morgan fingerprint density at radius 3 is 1.69 bits per heavy atom. The third-order valence-electron chi connectivity index (χ3n) is 2.99. The summed E-state index contributed by atoms with van der Waals surface area (Å²) in [6, 6.07) is 0. The van der Waals surface area contributed by atoms with Gasteiger partial charge in [-0.25, -0.2) is 0 Å². The van der Waals surface area contributed by atoms with Crippen LogP contribution in [-0.2, 0) is 28.8 Å². The maximum Gasteiger partial charge on any atom is 0.373 e. The zero-order valence-corrected chi connectivity index (χ0v) is 16.2. The summed E-state index contributed by atoms with van der Waals surface area (Å²) < 4.78 is 0.872. The van der Waals surface area contributed by atoms with Crippen molar-refractivity contribution in [2.75, 3.05) is 0 Å². The van der Waals surface area contributed by atoms with Gasteiger partial charge in [0, 0.05) is 12.8 Å². The van der Waals surface area contributed by atoms with Gasteiger partial charge in [0.2, 0.25) is 0 Å². The molecule has 0 saturated heterocycles. The van der Waals surface area contributed by atoms with Crippen LogP contribution >= 0.6 is 22.6 Å². The largest absolute Gasteiger partial charge is 0.373 e. The van der Waals surface area contributed by atoms with Crippen LogP contribution in [0, 0.1) is 0 Å². The van der Waals surface area contributed by atoms with Gasteiger partial charge in [-0.05, 0) is 47.6 Å². The Hall–Kier alpha value is -2.21. The van der Waals surface area contributed by atoms with Gasteiger partial charge in [0.15, 0.2) is 11.6 Å². The normalized spacial score (nSPS) is 13.9. The molecule has 0 spiro atoms.